The Balaban J connectivity index is 2.35. The smallest absolute Gasteiger partial charge is 0.248 e. The summed E-state index contributed by atoms with van der Waals surface area (Å²) in [6.45, 7) is 1.24. The van der Waals surface area contributed by atoms with E-state index in [0.717, 1.165) is 24.5 Å². The summed E-state index contributed by atoms with van der Waals surface area (Å²) < 4.78 is 65.7. The van der Waals surface area contributed by atoms with Crippen LogP contribution in [-0.4, -0.2) is 26.6 Å². The minimum absolute atomic E-state index is 0.149. The molecule has 0 spiro atoms. The first-order chi connectivity index (χ1) is 12.0. The number of amides is 1. The van der Waals surface area contributed by atoms with E-state index in [1.54, 1.807) is 0 Å². The van der Waals surface area contributed by atoms with Crippen LogP contribution in [0.15, 0.2) is 40.9 Å². The Morgan fingerprint density at radius 2 is 1.73 bits per heavy atom. The molecule has 2 aromatic rings. The van der Waals surface area contributed by atoms with Gasteiger partial charge in [-0.3, -0.25) is 9.10 Å². The Morgan fingerprint density at radius 3 is 2.27 bits per heavy atom. The predicted octanol–water partition coefficient (Wildman–Crippen LogP) is 3.66. The monoisotopic (exact) mass is 450 g/mol. The lowest BCUT2D eigenvalue weighted by molar-refractivity contribution is -0.116. The lowest BCUT2D eigenvalue weighted by atomic mass is 10.2. The Labute approximate surface area is 157 Å². The number of sulfonamides is 1. The topological polar surface area (TPSA) is 66.5 Å². The third-order valence-electron chi connectivity index (χ3n) is 3.44. The van der Waals surface area contributed by atoms with Crippen molar-refractivity contribution in [2.75, 3.05) is 15.9 Å². The minimum atomic E-state index is -4.02. The van der Waals surface area contributed by atoms with Gasteiger partial charge in [-0.05, 0) is 37.3 Å². The predicted molar refractivity (Wildman–Crippen MR) is 95.9 cm³/mol. The zero-order chi connectivity index (χ0) is 19.6. The fraction of sp³-hybridized carbons (Fsp3) is 0.188. The normalized spacial score (nSPS) is 12.5. The van der Waals surface area contributed by atoms with E-state index in [0.29, 0.717) is 14.8 Å². The van der Waals surface area contributed by atoms with E-state index in [-0.39, 0.29) is 11.4 Å². The summed E-state index contributed by atoms with van der Waals surface area (Å²) >= 11 is 3.08. The Morgan fingerprint density at radius 1 is 1.08 bits per heavy atom. The van der Waals surface area contributed by atoms with Crippen LogP contribution in [0.3, 0.4) is 0 Å². The van der Waals surface area contributed by atoms with Gasteiger partial charge >= 0.3 is 0 Å². The molecule has 0 saturated heterocycles. The highest BCUT2D eigenvalue weighted by Gasteiger charge is 2.30. The molecule has 0 aliphatic heterocycles. The van der Waals surface area contributed by atoms with Crippen molar-refractivity contribution in [1.82, 2.24) is 0 Å². The van der Waals surface area contributed by atoms with Gasteiger partial charge in [-0.2, -0.15) is 0 Å². The molecule has 26 heavy (non-hydrogen) atoms. The Hall–Kier alpha value is -2.07. The van der Waals surface area contributed by atoms with E-state index in [1.165, 1.54) is 19.1 Å². The number of nitrogens with one attached hydrogen (secondary N) is 1. The van der Waals surface area contributed by atoms with E-state index in [2.05, 4.69) is 21.2 Å². The van der Waals surface area contributed by atoms with Gasteiger partial charge in [-0.15, -0.1) is 0 Å². The van der Waals surface area contributed by atoms with Gasteiger partial charge in [0, 0.05) is 10.5 Å². The highest BCUT2D eigenvalue weighted by Crippen LogP contribution is 2.25. The second kappa shape index (κ2) is 7.67. The number of anilines is 2. The van der Waals surface area contributed by atoms with Crippen molar-refractivity contribution in [1.29, 1.82) is 0 Å². The number of carbonyl (C=O) groups is 1. The third kappa shape index (κ3) is 4.55. The van der Waals surface area contributed by atoms with Crippen molar-refractivity contribution in [3.05, 3.63) is 58.3 Å². The van der Waals surface area contributed by atoms with Gasteiger partial charge in [-0.1, -0.05) is 15.9 Å². The second-order valence-electron chi connectivity index (χ2n) is 5.45. The van der Waals surface area contributed by atoms with Crippen molar-refractivity contribution in [2.45, 2.75) is 13.0 Å². The molecular weight excluding hydrogens is 437 g/mol. The third-order valence-corrected chi connectivity index (χ3v) is 5.17. The molecule has 1 atom stereocenters. The highest BCUT2D eigenvalue weighted by atomic mass is 79.9. The highest BCUT2D eigenvalue weighted by molar-refractivity contribution is 9.10. The van der Waals surface area contributed by atoms with Crippen LogP contribution < -0.4 is 9.62 Å². The molecule has 0 bridgehead atoms. The molecule has 0 aliphatic rings. The molecule has 10 heteroatoms. The van der Waals surface area contributed by atoms with E-state index in [1.807, 2.05) is 0 Å². The molecule has 0 fully saturated rings. The number of hydrogen-bond acceptors (Lipinski definition) is 3. The van der Waals surface area contributed by atoms with Crippen LogP contribution >= 0.6 is 15.9 Å². The standard InChI is InChI=1S/C16H14BrF3N2O3S/c1-9(16(23)21-15-6-3-10(17)7-14(15)20)22(26(2,24)25)11-4-5-12(18)13(19)8-11/h3-9H,1-2H3,(H,21,23)/t9-/m1/s1. The number of benzene rings is 2. The second-order valence-corrected chi connectivity index (χ2v) is 8.22. The Kier molecular flexibility index (Phi) is 5.97. The van der Waals surface area contributed by atoms with Crippen molar-refractivity contribution in [3.63, 3.8) is 0 Å². The van der Waals surface area contributed by atoms with Crippen LogP contribution in [-0.2, 0) is 14.8 Å². The number of hydrogen-bond donors (Lipinski definition) is 1. The first kappa shape index (κ1) is 20.2. The van der Waals surface area contributed by atoms with Gasteiger partial charge in [-0.25, -0.2) is 21.6 Å². The quantitative estimate of drug-likeness (QED) is 0.755. The molecule has 5 nitrogen and oxygen atoms in total. The molecule has 140 valence electrons. The van der Waals surface area contributed by atoms with Gasteiger partial charge in [0.1, 0.15) is 11.9 Å². The van der Waals surface area contributed by atoms with Crippen molar-refractivity contribution >= 4 is 43.2 Å². The maximum absolute atomic E-state index is 13.9. The maximum atomic E-state index is 13.9. The van der Waals surface area contributed by atoms with Gasteiger partial charge in [0.2, 0.25) is 15.9 Å². The molecule has 1 N–H and O–H groups in total. The summed E-state index contributed by atoms with van der Waals surface area (Å²) in [6.07, 6.45) is 0.818. The van der Waals surface area contributed by atoms with Crippen LogP contribution in [0.4, 0.5) is 24.5 Å². The lowest BCUT2D eigenvalue weighted by Gasteiger charge is -2.28. The molecule has 0 aromatic heterocycles. The summed E-state index contributed by atoms with van der Waals surface area (Å²) in [5, 5.41) is 2.28. The number of carbonyl (C=O) groups excluding carboxylic acids is 1. The summed E-state index contributed by atoms with van der Waals surface area (Å²) in [4.78, 5) is 12.4. The van der Waals surface area contributed by atoms with Gasteiger partial charge in [0.05, 0.1) is 17.6 Å². The molecule has 0 saturated carbocycles. The molecule has 0 aliphatic carbocycles. The SMILES string of the molecule is C[C@H](C(=O)Nc1ccc(Br)cc1F)N(c1ccc(F)c(F)c1)S(C)(=O)=O. The van der Waals surface area contributed by atoms with E-state index in [9.17, 15) is 26.4 Å². The fourth-order valence-electron chi connectivity index (χ4n) is 2.26. The number of rotatable bonds is 5. The van der Waals surface area contributed by atoms with Crippen LogP contribution in [0.1, 0.15) is 6.92 Å². The largest absolute Gasteiger partial charge is 0.322 e. The molecule has 0 heterocycles. The molecule has 0 unspecified atom stereocenters. The molecule has 1 amide bonds. The van der Waals surface area contributed by atoms with E-state index >= 15 is 0 Å². The van der Waals surface area contributed by atoms with E-state index < -0.39 is 39.4 Å². The average molecular weight is 451 g/mol. The summed E-state index contributed by atoms with van der Waals surface area (Å²) in [7, 11) is -4.02. The van der Waals surface area contributed by atoms with Crippen LogP contribution in [0.5, 0.6) is 0 Å². The first-order valence-corrected chi connectivity index (χ1v) is 9.85. The summed E-state index contributed by atoms with van der Waals surface area (Å²) in [6, 6.07) is 5.02. The molecular formula is C16H14BrF3N2O3S. The minimum Gasteiger partial charge on any atom is -0.322 e. The molecule has 2 aromatic carbocycles. The van der Waals surface area contributed by atoms with Crippen molar-refractivity contribution in [2.24, 2.45) is 0 Å². The van der Waals surface area contributed by atoms with Crippen LogP contribution in [0.2, 0.25) is 0 Å². The zero-order valence-electron chi connectivity index (χ0n) is 13.6. The first-order valence-electron chi connectivity index (χ1n) is 7.21. The van der Waals surface area contributed by atoms with Crippen molar-refractivity contribution < 1.29 is 26.4 Å². The summed E-state index contributed by atoms with van der Waals surface area (Å²) in [5.74, 6) is -3.99. The van der Waals surface area contributed by atoms with Crippen molar-refractivity contribution in [3.8, 4) is 0 Å². The average Bonchev–Trinajstić information content (AvgIpc) is 2.52. The zero-order valence-corrected chi connectivity index (χ0v) is 16.0. The molecule has 2 rings (SSSR count). The number of halogens is 4. The van der Waals surface area contributed by atoms with Gasteiger partial charge in [0.15, 0.2) is 11.6 Å². The fourth-order valence-corrected chi connectivity index (χ4v) is 3.76. The summed E-state index contributed by atoms with van der Waals surface area (Å²) in [5.41, 5.74) is -0.380. The van der Waals surface area contributed by atoms with Gasteiger partial charge < -0.3 is 5.32 Å². The van der Waals surface area contributed by atoms with Crippen LogP contribution in [0, 0.1) is 17.5 Å². The Bertz CT molecular complexity index is 954. The number of nitrogens with zero attached hydrogens (tertiary/aromatic N) is 1. The maximum Gasteiger partial charge on any atom is 0.248 e. The van der Waals surface area contributed by atoms with Gasteiger partial charge in [0.25, 0.3) is 0 Å². The lowest BCUT2D eigenvalue weighted by Crippen LogP contribution is -2.45. The molecule has 0 radical (unpaired) electrons. The van der Waals surface area contributed by atoms with Crippen LogP contribution in [0.25, 0.3) is 0 Å². The van der Waals surface area contributed by atoms with E-state index in [4.69, 9.17) is 0 Å².